The number of carbonyl (C=O) groups is 1. The van der Waals surface area contributed by atoms with Crippen LogP contribution in [0, 0.1) is 6.92 Å². The van der Waals surface area contributed by atoms with Crippen LogP contribution in [0.5, 0.6) is 0 Å². The number of aryl methyl sites for hydroxylation is 1. The second-order valence-corrected chi connectivity index (χ2v) is 4.97. The molecule has 2 aromatic rings. The number of aromatic nitrogens is 2. The Labute approximate surface area is 116 Å². The zero-order chi connectivity index (χ0) is 13.7. The second-order valence-electron chi connectivity index (χ2n) is 4.11. The predicted molar refractivity (Wildman–Crippen MR) is 77.8 cm³/mol. The van der Waals surface area contributed by atoms with Gasteiger partial charge in [-0.3, -0.25) is 10.1 Å². The number of hydrogen-bond acceptors (Lipinski definition) is 5. The Bertz CT molecular complexity index is 550. The molecular weight excluding hydrogens is 260 g/mol. The summed E-state index contributed by atoms with van der Waals surface area (Å²) in [7, 11) is 0. The molecule has 0 unspecified atom stereocenters. The van der Waals surface area contributed by atoms with Crippen LogP contribution in [0.3, 0.4) is 0 Å². The van der Waals surface area contributed by atoms with Crippen LogP contribution in [0.4, 0.5) is 10.9 Å². The number of thiazole rings is 1. The van der Waals surface area contributed by atoms with Crippen molar-refractivity contribution in [1.29, 1.82) is 0 Å². The normalized spacial score (nSPS) is 10.2. The molecule has 2 N–H and O–H groups in total. The van der Waals surface area contributed by atoms with E-state index < -0.39 is 0 Å². The molecule has 100 valence electrons. The van der Waals surface area contributed by atoms with E-state index in [1.54, 1.807) is 18.3 Å². The summed E-state index contributed by atoms with van der Waals surface area (Å²) in [4.78, 5) is 20.3. The van der Waals surface area contributed by atoms with E-state index in [1.165, 1.54) is 11.3 Å². The van der Waals surface area contributed by atoms with Gasteiger partial charge in [-0.05, 0) is 25.5 Å². The Morgan fingerprint density at radius 3 is 2.84 bits per heavy atom. The van der Waals surface area contributed by atoms with Crippen molar-refractivity contribution in [2.45, 2.75) is 20.3 Å². The van der Waals surface area contributed by atoms with Gasteiger partial charge in [-0.25, -0.2) is 9.97 Å². The number of nitrogens with one attached hydrogen (secondary N) is 2. The third-order valence-electron chi connectivity index (χ3n) is 2.42. The maximum Gasteiger partial charge on any atom is 0.259 e. The van der Waals surface area contributed by atoms with Crippen molar-refractivity contribution in [3.63, 3.8) is 0 Å². The molecular formula is C13H16N4OS. The summed E-state index contributed by atoms with van der Waals surface area (Å²) in [6.45, 7) is 4.85. The highest BCUT2D eigenvalue weighted by molar-refractivity contribution is 7.13. The van der Waals surface area contributed by atoms with Gasteiger partial charge < -0.3 is 5.32 Å². The van der Waals surface area contributed by atoms with Crippen molar-refractivity contribution >= 4 is 28.2 Å². The fraction of sp³-hybridized carbons (Fsp3) is 0.308. The maximum atomic E-state index is 11.9. The van der Waals surface area contributed by atoms with E-state index in [9.17, 15) is 4.79 Å². The molecule has 2 aromatic heterocycles. The van der Waals surface area contributed by atoms with Gasteiger partial charge in [-0.2, -0.15) is 0 Å². The number of hydrogen-bond donors (Lipinski definition) is 2. The van der Waals surface area contributed by atoms with Crippen LogP contribution in [-0.2, 0) is 0 Å². The zero-order valence-electron chi connectivity index (χ0n) is 10.9. The second kappa shape index (κ2) is 6.29. The van der Waals surface area contributed by atoms with E-state index >= 15 is 0 Å². The Morgan fingerprint density at radius 1 is 1.42 bits per heavy atom. The van der Waals surface area contributed by atoms with Gasteiger partial charge in [0.05, 0.1) is 11.3 Å². The van der Waals surface area contributed by atoms with Crippen LogP contribution in [0.15, 0.2) is 23.7 Å². The van der Waals surface area contributed by atoms with Gasteiger partial charge in [0, 0.05) is 18.1 Å². The Balaban J connectivity index is 1.99. The highest BCUT2D eigenvalue weighted by Gasteiger charge is 2.08. The van der Waals surface area contributed by atoms with Crippen LogP contribution in [0.1, 0.15) is 29.4 Å². The molecule has 0 aliphatic rings. The molecule has 0 aliphatic heterocycles. The summed E-state index contributed by atoms with van der Waals surface area (Å²) in [5.41, 5.74) is 1.42. The first-order valence-electron chi connectivity index (χ1n) is 6.12. The van der Waals surface area contributed by atoms with Gasteiger partial charge in [0.1, 0.15) is 5.82 Å². The zero-order valence-corrected chi connectivity index (χ0v) is 11.8. The van der Waals surface area contributed by atoms with Gasteiger partial charge >= 0.3 is 0 Å². The highest BCUT2D eigenvalue weighted by atomic mass is 32.1. The highest BCUT2D eigenvalue weighted by Crippen LogP contribution is 2.15. The molecule has 6 heteroatoms. The molecule has 0 fully saturated rings. The number of rotatable bonds is 5. The SMILES string of the molecule is CCCNc1ccc(C(=O)Nc2nc(C)cs2)cn1. The molecule has 0 saturated heterocycles. The van der Waals surface area contributed by atoms with Crippen LogP contribution in [0.25, 0.3) is 0 Å². The van der Waals surface area contributed by atoms with E-state index in [0.29, 0.717) is 10.7 Å². The maximum absolute atomic E-state index is 11.9. The predicted octanol–water partition coefficient (Wildman–Crippen LogP) is 2.92. The molecule has 0 radical (unpaired) electrons. The van der Waals surface area contributed by atoms with Crippen LogP contribution < -0.4 is 10.6 Å². The van der Waals surface area contributed by atoms with Gasteiger partial charge in [0.15, 0.2) is 5.13 Å². The molecule has 0 atom stereocenters. The van der Waals surface area contributed by atoms with E-state index in [1.807, 2.05) is 12.3 Å². The largest absolute Gasteiger partial charge is 0.370 e. The standard InChI is InChI=1S/C13H16N4OS/c1-3-6-14-11-5-4-10(7-15-11)12(18)17-13-16-9(2)8-19-13/h4-5,7-8H,3,6H2,1-2H3,(H,14,15)(H,16,17,18). The summed E-state index contributed by atoms with van der Waals surface area (Å²) in [5, 5.41) is 8.41. The van der Waals surface area contributed by atoms with E-state index in [2.05, 4.69) is 27.5 Å². The van der Waals surface area contributed by atoms with Crippen LogP contribution in [-0.4, -0.2) is 22.4 Å². The molecule has 2 rings (SSSR count). The van der Waals surface area contributed by atoms with Crippen molar-refractivity contribution in [2.24, 2.45) is 0 Å². The van der Waals surface area contributed by atoms with Crippen LogP contribution >= 0.6 is 11.3 Å². The van der Waals surface area contributed by atoms with Crippen molar-refractivity contribution in [3.05, 3.63) is 35.0 Å². The molecule has 0 bridgehead atoms. The topological polar surface area (TPSA) is 66.9 Å². The summed E-state index contributed by atoms with van der Waals surface area (Å²) in [6.07, 6.45) is 2.60. The number of pyridine rings is 1. The van der Waals surface area contributed by atoms with Gasteiger partial charge in [-0.15, -0.1) is 11.3 Å². The molecule has 0 saturated carbocycles. The van der Waals surface area contributed by atoms with Gasteiger partial charge in [0.2, 0.25) is 0 Å². The molecule has 5 nitrogen and oxygen atoms in total. The first-order chi connectivity index (χ1) is 9.19. The van der Waals surface area contributed by atoms with Gasteiger partial charge in [0.25, 0.3) is 5.91 Å². The lowest BCUT2D eigenvalue weighted by Crippen LogP contribution is -2.12. The Hall–Kier alpha value is -1.95. The van der Waals surface area contributed by atoms with Crippen molar-refractivity contribution in [2.75, 3.05) is 17.2 Å². The molecule has 0 spiro atoms. The number of amides is 1. The minimum absolute atomic E-state index is 0.191. The summed E-state index contributed by atoms with van der Waals surface area (Å²) in [5.74, 6) is 0.590. The summed E-state index contributed by atoms with van der Waals surface area (Å²) >= 11 is 1.41. The lowest BCUT2D eigenvalue weighted by molar-refractivity contribution is 0.102. The number of nitrogens with zero attached hydrogens (tertiary/aromatic N) is 2. The van der Waals surface area contributed by atoms with Crippen molar-refractivity contribution in [3.8, 4) is 0 Å². The summed E-state index contributed by atoms with van der Waals surface area (Å²) in [6, 6.07) is 3.55. The first kappa shape index (κ1) is 13.5. The lowest BCUT2D eigenvalue weighted by atomic mass is 10.2. The minimum atomic E-state index is -0.191. The third-order valence-corrected chi connectivity index (χ3v) is 3.30. The minimum Gasteiger partial charge on any atom is -0.370 e. The quantitative estimate of drug-likeness (QED) is 0.881. The fourth-order valence-corrected chi connectivity index (χ4v) is 2.15. The Morgan fingerprint density at radius 2 is 2.26 bits per heavy atom. The average molecular weight is 276 g/mol. The molecule has 19 heavy (non-hydrogen) atoms. The average Bonchev–Trinajstić information content (AvgIpc) is 2.82. The van der Waals surface area contributed by atoms with E-state index in [-0.39, 0.29) is 5.91 Å². The summed E-state index contributed by atoms with van der Waals surface area (Å²) < 4.78 is 0. The molecule has 1 amide bonds. The van der Waals surface area contributed by atoms with E-state index in [4.69, 9.17) is 0 Å². The lowest BCUT2D eigenvalue weighted by Gasteiger charge is -2.05. The first-order valence-corrected chi connectivity index (χ1v) is 7.00. The van der Waals surface area contributed by atoms with Gasteiger partial charge in [-0.1, -0.05) is 6.92 Å². The Kier molecular flexibility index (Phi) is 4.46. The number of carbonyl (C=O) groups excluding carboxylic acids is 1. The smallest absolute Gasteiger partial charge is 0.259 e. The number of anilines is 2. The fourth-order valence-electron chi connectivity index (χ4n) is 1.47. The molecule has 0 aromatic carbocycles. The molecule has 2 heterocycles. The van der Waals surface area contributed by atoms with Crippen molar-refractivity contribution < 1.29 is 4.79 Å². The molecule has 0 aliphatic carbocycles. The van der Waals surface area contributed by atoms with Crippen molar-refractivity contribution in [1.82, 2.24) is 9.97 Å². The monoisotopic (exact) mass is 276 g/mol. The van der Waals surface area contributed by atoms with Crippen LogP contribution in [0.2, 0.25) is 0 Å². The van der Waals surface area contributed by atoms with E-state index in [0.717, 1.165) is 24.5 Å². The third kappa shape index (κ3) is 3.75.